The van der Waals surface area contributed by atoms with E-state index in [1.165, 1.54) is 22.9 Å². The summed E-state index contributed by atoms with van der Waals surface area (Å²) in [5.74, 6) is -0.915. The number of nitrogens with zero attached hydrogens (tertiary/aromatic N) is 1. The van der Waals surface area contributed by atoms with E-state index in [1.54, 1.807) is 0 Å². The van der Waals surface area contributed by atoms with Gasteiger partial charge in [0.05, 0.1) is 17.4 Å². The molecule has 2 aliphatic rings. The molecule has 2 atom stereocenters. The van der Waals surface area contributed by atoms with Crippen molar-refractivity contribution in [1.29, 1.82) is 0 Å². The van der Waals surface area contributed by atoms with Gasteiger partial charge in [-0.1, -0.05) is 0 Å². The molecule has 2 aliphatic heterocycles. The van der Waals surface area contributed by atoms with Crippen LogP contribution in [0.3, 0.4) is 0 Å². The summed E-state index contributed by atoms with van der Waals surface area (Å²) in [7, 11) is -4.67. The Morgan fingerprint density at radius 2 is 2.00 bits per heavy atom. The lowest BCUT2D eigenvalue weighted by Gasteiger charge is -2.42. The van der Waals surface area contributed by atoms with Crippen molar-refractivity contribution in [3.8, 4) is 0 Å². The average Bonchev–Trinajstić information content (AvgIpc) is 2.13. The zero-order valence-electron chi connectivity index (χ0n) is 9.18. The number of fused-ring (bicyclic) bond motifs is 1. The number of β-lactam (4-membered cyclic amide) rings is 1. The number of aliphatic carboxylic acids is 1. The van der Waals surface area contributed by atoms with Gasteiger partial charge in [0.1, 0.15) is 0 Å². The third kappa shape index (κ3) is 3.98. The van der Waals surface area contributed by atoms with Crippen LogP contribution in [0, 0.1) is 0 Å². The van der Waals surface area contributed by atoms with Crippen molar-refractivity contribution in [1.82, 2.24) is 4.90 Å². The predicted molar refractivity (Wildman–Crippen MR) is 62.2 cm³/mol. The molecule has 0 aromatic rings. The van der Waals surface area contributed by atoms with Gasteiger partial charge in [-0.3, -0.25) is 13.9 Å². The van der Waals surface area contributed by atoms with Gasteiger partial charge in [-0.25, -0.2) is 4.79 Å². The highest BCUT2D eigenvalue weighted by Gasteiger charge is 2.41. The number of carboxylic acids is 1. The number of hydrogen-bond acceptors (Lipinski definition) is 5. The molecule has 0 saturated carbocycles. The van der Waals surface area contributed by atoms with Crippen molar-refractivity contribution in [3.63, 3.8) is 0 Å². The number of rotatable bonds is 1. The van der Waals surface area contributed by atoms with Crippen LogP contribution >= 0.6 is 11.8 Å². The minimum absolute atomic E-state index is 0.0168. The van der Waals surface area contributed by atoms with Gasteiger partial charge in [0.15, 0.2) is 0 Å². The summed E-state index contributed by atoms with van der Waals surface area (Å²) < 4.78 is 31.6. The first kappa shape index (κ1) is 15.0. The van der Waals surface area contributed by atoms with E-state index in [-0.39, 0.29) is 16.5 Å². The molecule has 102 valence electrons. The Morgan fingerprint density at radius 3 is 2.39 bits per heavy atom. The summed E-state index contributed by atoms with van der Waals surface area (Å²) in [5.41, 5.74) is 0.314. The number of thioether (sulfide) groups is 1. The summed E-state index contributed by atoms with van der Waals surface area (Å²) in [5, 5.41) is 8.95. The fourth-order valence-corrected chi connectivity index (χ4v) is 2.79. The lowest BCUT2D eigenvalue weighted by Crippen LogP contribution is -2.50. The topological polar surface area (TPSA) is 132 Å². The smallest absolute Gasteiger partial charge is 0.394 e. The SMILES string of the molecule is CC1S[C@@H]2CC(=O)N2C=C1C(=O)O.O=S(=O)(O)O. The molecular formula is C8H11NO7S2. The molecule has 0 aromatic carbocycles. The van der Waals surface area contributed by atoms with Crippen molar-refractivity contribution >= 4 is 34.0 Å². The van der Waals surface area contributed by atoms with Gasteiger partial charge in [-0.2, -0.15) is 8.42 Å². The molecule has 8 nitrogen and oxygen atoms in total. The Morgan fingerprint density at radius 1 is 1.50 bits per heavy atom. The molecule has 18 heavy (non-hydrogen) atoms. The van der Waals surface area contributed by atoms with Crippen molar-refractivity contribution < 1.29 is 32.2 Å². The zero-order valence-corrected chi connectivity index (χ0v) is 10.8. The first-order valence-corrected chi connectivity index (χ1v) is 7.05. The van der Waals surface area contributed by atoms with Crippen LogP contribution in [0.1, 0.15) is 13.3 Å². The van der Waals surface area contributed by atoms with Crippen LogP contribution < -0.4 is 0 Å². The molecule has 1 unspecified atom stereocenters. The lowest BCUT2D eigenvalue weighted by atomic mass is 10.1. The molecule has 0 spiro atoms. The Bertz CT molecular complexity index is 490. The number of amides is 1. The first-order valence-electron chi connectivity index (χ1n) is 4.71. The van der Waals surface area contributed by atoms with Crippen LogP contribution in [0.2, 0.25) is 0 Å². The van der Waals surface area contributed by atoms with Gasteiger partial charge in [0.25, 0.3) is 0 Å². The summed E-state index contributed by atoms with van der Waals surface area (Å²) in [6.07, 6.45) is 2.01. The molecule has 10 heteroatoms. The molecule has 3 N–H and O–H groups in total. The van der Waals surface area contributed by atoms with Crippen LogP contribution in [0.4, 0.5) is 0 Å². The van der Waals surface area contributed by atoms with Crippen LogP contribution in [0.25, 0.3) is 0 Å². The second-order valence-electron chi connectivity index (χ2n) is 3.58. The van der Waals surface area contributed by atoms with Crippen molar-refractivity contribution in [2.24, 2.45) is 0 Å². The second-order valence-corrected chi connectivity index (χ2v) is 5.99. The number of carbonyl (C=O) groups is 2. The van der Waals surface area contributed by atoms with E-state index in [0.29, 0.717) is 12.0 Å². The molecular weight excluding hydrogens is 286 g/mol. The van der Waals surface area contributed by atoms with Gasteiger partial charge in [-0.05, 0) is 6.92 Å². The van der Waals surface area contributed by atoms with E-state index in [4.69, 9.17) is 22.6 Å². The summed E-state index contributed by atoms with van der Waals surface area (Å²) in [6.45, 7) is 1.85. The lowest BCUT2D eigenvalue weighted by molar-refractivity contribution is -0.138. The van der Waals surface area contributed by atoms with E-state index < -0.39 is 16.4 Å². The highest BCUT2D eigenvalue weighted by molar-refractivity contribution is 8.00. The van der Waals surface area contributed by atoms with Crippen molar-refractivity contribution in [2.75, 3.05) is 0 Å². The van der Waals surface area contributed by atoms with Gasteiger partial charge < -0.3 is 10.0 Å². The molecule has 0 bridgehead atoms. The van der Waals surface area contributed by atoms with Gasteiger partial charge in [-0.15, -0.1) is 11.8 Å². The highest BCUT2D eigenvalue weighted by Crippen LogP contribution is 2.39. The van der Waals surface area contributed by atoms with Gasteiger partial charge >= 0.3 is 16.4 Å². The monoisotopic (exact) mass is 297 g/mol. The van der Waals surface area contributed by atoms with E-state index in [1.807, 2.05) is 6.92 Å². The summed E-state index contributed by atoms with van der Waals surface area (Å²) in [4.78, 5) is 23.3. The highest BCUT2D eigenvalue weighted by atomic mass is 32.3. The zero-order chi connectivity index (χ0) is 14.1. The van der Waals surface area contributed by atoms with E-state index in [0.717, 1.165) is 0 Å². The molecule has 1 fully saturated rings. The minimum Gasteiger partial charge on any atom is -0.478 e. The Balaban J connectivity index is 0.000000280. The fourth-order valence-electron chi connectivity index (χ4n) is 1.46. The normalized spacial score (nSPS) is 26.3. The molecule has 2 rings (SSSR count). The molecule has 0 aromatic heterocycles. The maximum atomic E-state index is 11.0. The first-order chi connectivity index (χ1) is 8.09. The van der Waals surface area contributed by atoms with Crippen LogP contribution in [-0.4, -0.2) is 50.0 Å². The minimum atomic E-state index is -4.67. The van der Waals surface area contributed by atoms with Gasteiger partial charge in [0, 0.05) is 11.4 Å². The molecule has 1 saturated heterocycles. The Labute approximate surface area is 107 Å². The third-order valence-corrected chi connectivity index (χ3v) is 3.64. The summed E-state index contributed by atoms with van der Waals surface area (Å²) in [6, 6.07) is 0. The maximum absolute atomic E-state index is 11.0. The van der Waals surface area contributed by atoms with E-state index >= 15 is 0 Å². The van der Waals surface area contributed by atoms with Crippen molar-refractivity contribution in [3.05, 3.63) is 11.8 Å². The number of carbonyl (C=O) groups excluding carboxylic acids is 1. The number of carboxylic acid groups (broad SMARTS) is 1. The molecule has 2 heterocycles. The Hall–Kier alpha value is -1.10. The largest absolute Gasteiger partial charge is 0.478 e. The predicted octanol–water partition coefficient (Wildman–Crippen LogP) is -0.00420. The van der Waals surface area contributed by atoms with Crippen molar-refractivity contribution in [2.45, 2.75) is 24.0 Å². The van der Waals surface area contributed by atoms with Crippen LogP contribution in [-0.2, 0) is 20.0 Å². The molecule has 0 radical (unpaired) electrons. The fraction of sp³-hybridized carbons (Fsp3) is 0.500. The number of hydrogen-bond donors (Lipinski definition) is 3. The average molecular weight is 297 g/mol. The molecule has 0 aliphatic carbocycles. The Kier molecular flexibility index (Phi) is 4.37. The van der Waals surface area contributed by atoms with E-state index in [9.17, 15) is 9.59 Å². The molecule has 1 amide bonds. The summed E-state index contributed by atoms with van der Waals surface area (Å²) >= 11 is 1.53. The standard InChI is InChI=1S/C8H9NO3S.H2O4S/c1-4-5(8(11)12)3-9-6(10)2-7(9)13-4;1-5(2,3)4/h3-4,7H,2H2,1H3,(H,11,12);(H2,1,2,3,4)/t4?,7-;/m1./s1. The second kappa shape index (κ2) is 5.26. The van der Waals surface area contributed by atoms with E-state index in [2.05, 4.69) is 0 Å². The quantitative estimate of drug-likeness (QED) is 0.455. The van der Waals surface area contributed by atoms with Crippen LogP contribution in [0.15, 0.2) is 11.8 Å². The van der Waals surface area contributed by atoms with Crippen LogP contribution in [0.5, 0.6) is 0 Å². The third-order valence-electron chi connectivity index (χ3n) is 2.27. The van der Waals surface area contributed by atoms with Gasteiger partial charge in [0.2, 0.25) is 5.91 Å². The maximum Gasteiger partial charge on any atom is 0.394 e.